The Hall–Kier alpha value is -3.66. The van der Waals surface area contributed by atoms with E-state index in [1.54, 1.807) is 20.0 Å². The average molecular weight is 493 g/mol. The first-order chi connectivity index (χ1) is 17.3. The van der Waals surface area contributed by atoms with E-state index in [4.69, 9.17) is 9.72 Å². The zero-order chi connectivity index (χ0) is 25.1. The molecule has 2 atom stereocenters. The zero-order valence-corrected chi connectivity index (χ0v) is 20.3. The molecule has 2 fully saturated rings. The minimum absolute atomic E-state index is 0.0782. The molecular weight excluding hydrogens is 466 g/mol. The molecule has 3 aromatic heterocycles. The molecule has 0 radical (unpaired) electrons. The molecule has 0 amide bonds. The standard InChI is InChI=1S/C26H26F2N6O2/c1-14-10-32(12-22(36-14)17-9-29-34(11-17)19-5-6-19)23-13-33-25(30-16(3)15(2)26(33)35)24(31-23)20-7-4-18(27)8-21(20)28/h4,7-9,11,13-14,19,22H,5-6,10,12H2,1-3H3. The van der Waals surface area contributed by atoms with E-state index in [-0.39, 0.29) is 34.7 Å². The van der Waals surface area contributed by atoms with Gasteiger partial charge in [0, 0.05) is 41.2 Å². The molecule has 1 saturated carbocycles. The molecule has 6 rings (SSSR count). The summed E-state index contributed by atoms with van der Waals surface area (Å²) in [6, 6.07) is 3.78. The van der Waals surface area contributed by atoms with Gasteiger partial charge in [0.05, 0.1) is 31.1 Å². The Labute approximate surface area is 206 Å². The third-order valence-corrected chi connectivity index (χ3v) is 6.95. The maximum absolute atomic E-state index is 14.9. The highest BCUT2D eigenvalue weighted by molar-refractivity contribution is 5.76. The quantitative estimate of drug-likeness (QED) is 0.426. The molecule has 4 aromatic rings. The number of morpholine rings is 1. The van der Waals surface area contributed by atoms with E-state index in [2.05, 4.69) is 10.1 Å². The van der Waals surface area contributed by atoms with Gasteiger partial charge in [-0.15, -0.1) is 0 Å². The fourth-order valence-electron chi connectivity index (χ4n) is 4.72. The van der Waals surface area contributed by atoms with Gasteiger partial charge in [0.2, 0.25) is 0 Å². The number of benzene rings is 1. The van der Waals surface area contributed by atoms with Crippen molar-refractivity contribution in [3.8, 4) is 11.3 Å². The van der Waals surface area contributed by atoms with Gasteiger partial charge < -0.3 is 9.64 Å². The molecule has 186 valence electrons. The van der Waals surface area contributed by atoms with Gasteiger partial charge in [-0.1, -0.05) is 0 Å². The summed E-state index contributed by atoms with van der Waals surface area (Å²) < 4.78 is 38.2. The minimum Gasteiger partial charge on any atom is -0.367 e. The SMILES string of the molecule is Cc1nc2c(-c3ccc(F)cc3F)nc(N3CC(C)OC(c4cnn(C5CC5)c4)C3)cn2c(=O)c1C. The van der Waals surface area contributed by atoms with Crippen LogP contribution in [-0.4, -0.2) is 43.3 Å². The monoisotopic (exact) mass is 492 g/mol. The van der Waals surface area contributed by atoms with E-state index in [0.717, 1.165) is 24.5 Å². The lowest BCUT2D eigenvalue weighted by Crippen LogP contribution is -2.43. The van der Waals surface area contributed by atoms with Gasteiger partial charge in [0.15, 0.2) is 5.65 Å². The fraction of sp³-hybridized carbons (Fsp3) is 0.385. The Morgan fingerprint density at radius 1 is 1.08 bits per heavy atom. The van der Waals surface area contributed by atoms with Crippen LogP contribution in [0.3, 0.4) is 0 Å². The van der Waals surface area contributed by atoms with Crippen LogP contribution in [-0.2, 0) is 4.74 Å². The summed E-state index contributed by atoms with van der Waals surface area (Å²) in [5.41, 5.74) is 2.24. The molecule has 1 saturated heterocycles. The van der Waals surface area contributed by atoms with E-state index < -0.39 is 11.6 Å². The molecule has 2 unspecified atom stereocenters. The van der Waals surface area contributed by atoms with Crippen LogP contribution >= 0.6 is 0 Å². The molecule has 0 bridgehead atoms. The van der Waals surface area contributed by atoms with Crippen LogP contribution in [0.4, 0.5) is 14.6 Å². The first-order valence-electron chi connectivity index (χ1n) is 12.1. The predicted molar refractivity (Wildman–Crippen MR) is 130 cm³/mol. The highest BCUT2D eigenvalue weighted by atomic mass is 19.1. The molecular formula is C26H26F2N6O2. The zero-order valence-electron chi connectivity index (χ0n) is 20.3. The normalized spacial score (nSPS) is 20.3. The van der Waals surface area contributed by atoms with E-state index in [0.29, 0.717) is 36.2 Å². The number of nitrogens with zero attached hydrogens (tertiary/aromatic N) is 6. The van der Waals surface area contributed by atoms with E-state index >= 15 is 0 Å². The molecule has 1 aromatic carbocycles. The van der Waals surface area contributed by atoms with Crippen LogP contribution in [0.5, 0.6) is 0 Å². The number of hydrogen-bond donors (Lipinski definition) is 0. The Bertz CT molecular complexity index is 1540. The van der Waals surface area contributed by atoms with Gasteiger partial charge in [-0.2, -0.15) is 5.10 Å². The van der Waals surface area contributed by atoms with Gasteiger partial charge in [0.25, 0.3) is 5.56 Å². The average Bonchev–Trinajstić information content (AvgIpc) is 3.58. The first-order valence-corrected chi connectivity index (χ1v) is 12.1. The van der Waals surface area contributed by atoms with Crippen molar-refractivity contribution in [3.63, 3.8) is 0 Å². The second-order valence-electron chi connectivity index (χ2n) is 9.72. The number of rotatable bonds is 4. The Kier molecular flexibility index (Phi) is 5.36. The highest BCUT2D eigenvalue weighted by Crippen LogP contribution is 2.36. The van der Waals surface area contributed by atoms with Crippen molar-refractivity contribution in [3.05, 3.63) is 75.6 Å². The molecule has 4 heterocycles. The lowest BCUT2D eigenvalue weighted by Gasteiger charge is -2.37. The summed E-state index contributed by atoms with van der Waals surface area (Å²) in [7, 11) is 0. The molecule has 1 aliphatic heterocycles. The first kappa shape index (κ1) is 22.8. The largest absolute Gasteiger partial charge is 0.367 e. The summed E-state index contributed by atoms with van der Waals surface area (Å²) in [4.78, 5) is 24.6. The van der Waals surface area contributed by atoms with Gasteiger partial charge in [0.1, 0.15) is 29.3 Å². The van der Waals surface area contributed by atoms with Crippen molar-refractivity contribution in [2.45, 2.75) is 51.9 Å². The number of ether oxygens (including phenoxy) is 1. The van der Waals surface area contributed by atoms with Crippen LogP contribution in [0.15, 0.2) is 41.6 Å². The van der Waals surface area contributed by atoms with Gasteiger partial charge in [-0.05, 0) is 45.7 Å². The molecule has 0 spiro atoms. The van der Waals surface area contributed by atoms with Gasteiger partial charge in [-0.3, -0.25) is 13.9 Å². The topological polar surface area (TPSA) is 77.6 Å². The minimum atomic E-state index is -0.769. The van der Waals surface area contributed by atoms with Crippen LogP contribution < -0.4 is 10.5 Å². The molecule has 8 nitrogen and oxygen atoms in total. The van der Waals surface area contributed by atoms with Crippen molar-refractivity contribution in [2.24, 2.45) is 0 Å². The maximum atomic E-state index is 14.9. The molecule has 1 aliphatic carbocycles. The Morgan fingerprint density at radius 3 is 2.64 bits per heavy atom. The number of anilines is 1. The maximum Gasteiger partial charge on any atom is 0.261 e. The third-order valence-electron chi connectivity index (χ3n) is 6.95. The number of aromatic nitrogens is 5. The van der Waals surface area contributed by atoms with E-state index in [1.807, 2.05) is 28.9 Å². The number of halogens is 2. The number of hydrogen-bond acceptors (Lipinski definition) is 6. The molecule has 2 aliphatic rings. The van der Waals surface area contributed by atoms with E-state index in [1.165, 1.54) is 16.5 Å². The van der Waals surface area contributed by atoms with Crippen molar-refractivity contribution in [1.29, 1.82) is 0 Å². The van der Waals surface area contributed by atoms with Crippen molar-refractivity contribution >= 4 is 11.5 Å². The summed E-state index contributed by atoms with van der Waals surface area (Å²) in [5, 5.41) is 4.49. The van der Waals surface area contributed by atoms with Crippen molar-refractivity contribution in [2.75, 3.05) is 18.0 Å². The lowest BCUT2D eigenvalue weighted by atomic mass is 10.1. The van der Waals surface area contributed by atoms with Crippen molar-refractivity contribution < 1.29 is 13.5 Å². The summed E-state index contributed by atoms with van der Waals surface area (Å²) >= 11 is 0. The van der Waals surface area contributed by atoms with E-state index in [9.17, 15) is 13.6 Å². The van der Waals surface area contributed by atoms with Gasteiger partial charge in [-0.25, -0.2) is 18.7 Å². The van der Waals surface area contributed by atoms with Crippen molar-refractivity contribution in [1.82, 2.24) is 24.1 Å². The summed E-state index contributed by atoms with van der Waals surface area (Å²) in [6.45, 7) is 6.43. The lowest BCUT2D eigenvalue weighted by molar-refractivity contribution is -0.0176. The smallest absolute Gasteiger partial charge is 0.261 e. The highest BCUT2D eigenvalue weighted by Gasteiger charge is 2.31. The van der Waals surface area contributed by atoms with Crippen LogP contribution in [0.25, 0.3) is 16.9 Å². The van der Waals surface area contributed by atoms with Crippen LogP contribution in [0.2, 0.25) is 0 Å². The molecule has 36 heavy (non-hydrogen) atoms. The Morgan fingerprint density at radius 2 is 1.89 bits per heavy atom. The third kappa shape index (κ3) is 3.95. The number of fused-ring (bicyclic) bond motifs is 1. The number of aryl methyl sites for hydroxylation is 1. The molecule has 10 heteroatoms. The Balaban J connectivity index is 1.47. The second-order valence-corrected chi connectivity index (χ2v) is 9.72. The second kappa shape index (κ2) is 8.48. The van der Waals surface area contributed by atoms with Crippen LogP contribution in [0.1, 0.15) is 48.7 Å². The molecule has 0 N–H and O–H groups in total. The van der Waals surface area contributed by atoms with Crippen LogP contribution in [0, 0.1) is 25.5 Å². The fourth-order valence-corrected chi connectivity index (χ4v) is 4.72. The summed E-state index contributed by atoms with van der Waals surface area (Å²) in [5.74, 6) is -0.969. The van der Waals surface area contributed by atoms with Gasteiger partial charge >= 0.3 is 0 Å². The predicted octanol–water partition coefficient (Wildman–Crippen LogP) is 4.15. The summed E-state index contributed by atoms with van der Waals surface area (Å²) in [6.07, 6.45) is 7.44.